The summed E-state index contributed by atoms with van der Waals surface area (Å²) in [6.07, 6.45) is 2.43. The third kappa shape index (κ3) is 3.42. The van der Waals surface area contributed by atoms with E-state index in [4.69, 9.17) is 21.1 Å². The number of anilines is 1. The Labute approximate surface area is 124 Å². The van der Waals surface area contributed by atoms with Crippen LogP contribution in [0.3, 0.4) is 0 Å². The zero-order chi connectivity index (χ0) is 13.8. The van der Waals surface area contributed by atoms with Crippen molar-refractivity contribution in [3.63, 3.8) is 0 Å². The van der Waals surface area contributed by atoms with E-state index in [9.17, 15) is 0 Å². The van der Waals surface area contributed by atoms with Crippen LogP contribution in [0.25, 0.3) is 0 Å². The summed E-state index contributed by atoms with van der Waals surface area (Å²) < 4.78 is 10.6. The van der Waals surface area contributed by atoms with Gasteiger partial charge in [0, 0.05) is 23.4 Å². The van der Waals surface area contributed by atoms with E-state index in [1.54, 1.807) is 20.3 Å². The number of ether oxygens (including phenoxy) is 2. The molecule has 0 radical (unpaired) electrons. The van der Waals surface area contributed by atoms with Gasteiger partial charge in [-0.3, -0.25) is 0 Å². The third-order valence-electron chi connectivity index (χ3n) is 3.42. The lowest BCUT2D eigenvalue weighted by atomic mass is 10.1. The second-order valence-corrected chi connectivity index (χ2v) is 6.55. The normalized spacial score (nSPS) is 22.9. The van der Waals surface area contributed by atoms with Crippen molar-refractivity contribution in [2.45, 2.75) is 31.1 Å². The predicted molar refractivity (Wildman–Crippen MR) is 83.1 cm³/mol. The van der Waals surface area contributed by atoms with Crippen molar-refractivity contribution in [2.24, 2.45) is 0 Å². The molecule has 1 aliphatic rings. The molecule has 5 heteroatoms. The molecule has 19 heavy (non-hydrogen) atoms. The van der Waals surface area contributed by atoms with Crippen LogP contribution in [-0.4, -0.2) is 31.3 Å². The number of methoxy groups -OCH3 is 2. The maximum atomic E-state index is 6.30. The molecule has 1 aromatic rings. The minimum atomic E-state index is 0.453. The molecule has 3 nitrogen and oxygen atoms in total. The lowest BCUT2D eigenvalue weighted by Gasteiger charge is -2.30. The second-order valence-electron chi connectivity index (χ2n) is 4.66. The molecule has 0 aliphatic carbocycles. The summed E-state index contributed by atoms with van der Waals surface area (Å²) in [5.41, 5.74) is 0.915. The van der Waals surface area contributed by atoms with E-state index in [0.717, 1.165) is 5.69 Å². The Morgan fingerprint density at radius 2 is 1.95 bits per heavy atom. The van der Waals surface area contributed by atoms with Gasteiger partial charge in [-0.05, 0) is 18.6 Å². The standard InChI is InChI=1S/C14H20ClNO2S/c1-9-11(5-4-6-19-9)16-12-8-14(18-3)13(17-2)7-10(12)15/h7-9,11,16H,4-6H2,1-3H3. The van der Waals surface area contributed by atoms with Crippen LogP contribution >= 0.6 is 23.4 Å². The molecule has 1 aromatic carbocycles. The van der Waals surface area contributed by atoms with E-state index >= 15 is 0 Å². The molecule has 2 atom stereocenters. The fraction of sp³-hybridized carbons (Fsp3) is 0.571. The monoisotopic (exact) mass is 301 g/mol. The lowest BCUT2D eigenvalue weighted by Crippen LogP contribution is -2.32. The van der Waals surface area contributed by atoms with Crippen LogP contribution in [0.15, 0.2) is 12.1 Å². The quantitative estimate of drug-likeness (QED) is 0.909. The van der Waals surface area contributed by atoms with Gasteiger partial charge in [0.25, 0.3) is 0 Å². The Bertz CT molecular complexity index is 442. The number of nitrogens with one attached hydrogen (secondary N) is 1. The molecule has 0 amide bonds. The van der Waals surface area contributed by atoms with Crippen molar-refractivity contribution < 1.29 is 9.47 Å². The molecule has 1 heterocycles. The van der Waals surface area contributed by atoms with Gasteiger partial charge < -0.3 is 14.8 Å². The molecule has 106 valence electrons. The average Bonchev–Trinajstić information content (AvgIpc) is 2.42. The highest BCUT2D eigenvalue weighted by molar-refractivity contribution is 8.00. The SMILES string of the molecule is COc1cc(Cl)c(NC2CCCSC2C)cc1OC. The number of hydrogen-bond donors (Lipinski definition) is 1. The Kier molecular flexibility index (Phi) is 5.11. The smallest absolute Gasteiger partial charge is 0.162 e. The van der Waals surface area contributed by atoms with Gasteiger partial charge in [-0.15, -0.1) is 0 Å². The van der Waals surface area contributed by atoms with Gasteiger partial charge in [0.15, 0.2) is 11.5 Å². The molecule has 0 aromatic heterocycles. The number of rotatable bonds is 4. The third-order valence-corrected chi connectivity index (χ3v) is 5.11. The van der Waals surface area contributed by atoms with E-state index in [1.165, 1.54) is 18.6 Å². The van der Waals surface area contributed by atoms with E-state index in [1.807, 2.05) is 17.8 Å². The summed E-state index contributed by atoms with van der Waals surface area (Å²) >= 11 is 8.31. The zero-order valence-electron chi connectivity index (χ0n) is 11.5. The van der Waals surface area contributed by atoms with Crippen LogP contribution in [0.4, 0.5) is 5.69 Å². The van der Waals surface area contributed by atoms with Crippen molar-refractivity contribution in [3.8, 4) is 11.5 Å². The Hall–Kier alpha value is -0.740. The van der Waals surface area contributed by atoms with Gasteiger partial charge in [-0.1, -0.05) is 18.5 Å². The van der Waals surface area contributed by atoms with E-state index < -0.39 is 0 Å². The molecule has 0 bridgehead atoms. The highest BCUT2D eigenvalue weighted by Crippen LogP contribution is 2.37. The molecule has 1 aliphatic heterocycles. The fourth-order valence-electron chi connectivity index (χ4n) is 2.28. The minimum Gasteiger partial charge on any atom is -0.493 e. The van der Waals surface area contributed by atoms with Crippen molar-refractivity contribution in [3.05, 3.63) is 17.2 Å². The molecule has 1 saturated heterocycles. The average molecular weight is 302 g/mol. The minimum absolute atomic E-state index is 0.453. The molecular weight excluding hydrogens is 282 g/mol. The lowest BCUT2D eigenvalue weighted by molar-refractivity contribution is 0.355. The van der Waals surface area contributed by atoms with Gasteiger partial charge in [0.2, 0.25) is 0 Å². The summed E-state index contributed by atoms with van der Waals surface area (Å²) in [7, 11) is 3.25. The van der Waals surface area contributed by atoms with Gasteiger partial charge >= 0.3 is 0 Å². The molecule has 2 rings (SSSR count). The molecule has 1 fully saturated rings. The first-order chi connectivity index (χ1) is 9.15. The summed E-state index contributed by atoms with van der Waals surface area (Å²) in [5.74, 6) is 2.61. The fourth-order valence-corrected chi connectivity index (χ4v) is 3.63. The number of benzene rings is 1. The van der Waals surface area contributed by atoms with Crippen LogP contribution in [0.1, 0.15) is 19.8 Å². The van der Waals surface area contributed by atoms with Crippen molar-refractivity contribution >= 4 is 29.1 Å². The first-order valence-corrected chi connectivity index (χ1v) is 7.88. The highest BCUT2D eigenvalue weighted by Gasteiger charge is 2.22. The first kappa shape index (κ1) is 14.7. The zero-order valence-corrected chi connectivity index (χ0v) is 13.1. The first-order valence-electron chi connectivity index (χ1n) is 6.45. The molecule has 2 unspecified atom stereocenters. The second kappa shape index (κ2) is 6.62. The molecular formula is C14H20ClNO2S. The molecule has 1 N–H and O–H groups in total. The van der Waals surface area contributed by atoms with Gasteiger partial charge in [0.1, 0.15) is 0 Å². The van der Waals surface area contributed by atoms with Crippen LogP contribution in [0, 0.1) is 0 Å². The largest absolute Gasteiger partial charge is 0.493 e. The van der Waals surface area contributed by atoms with E-state index in [2.05, 4.69) is 12.2 Å². The topological polar surface area (TPSA) is 30.5 Å². The van der Waals surface area contributed by atoms with Gasteiger partial charge in [-0.2, -0.15) is 11.8 Å². The maximum absolute atomic E-state index is 6.30. The molecule has 0 spiro atoms. The van der Waals surface area contributed by atoms with Crippen molar-refractivity contribution in [2.75, 3.05) is 25.3 Å². The Balaban J connectivity index is 2.19. The van der Waals surface area contributed by atoms with Crippen molar-refractivity contribution in [1.82, 2.24) is 0 Å². The van der Waals surface area contributed by atoms with Gasteiger partial charge in [-0.25, -0.2) is 0 Å². The number of thioether (sulfide) groups is 1. The van der Waals surface area contributed by atoms with Gasteiger partial charge in [0.05, 0.1) is 24.9 Å². The van der Waals surface area contributed by atoms with E-state index in [0.29, 0.717) is 27.8 Å². The molecule has 0 saturated carbocycles. The van der Waals surface area contributed by atoms with Crippen LogP contribution in [0.2, 0.25) is 5.02 Å². The number of hydrogen-bond acceptors (Lipinski definition) is 4. The summed E-state index contributed by atoms with van der Waals surface area (Å²) in [6.45, 7) is 2.26. The number of halogens is 1. The summed E-state index contributed by atoms with van der Waals surface area (Å²) in [6, 6.07) is 4.16. The Morgan fingerprint density at radius 3 is 2.58 bits per heavy atom. The van der Waals surface area contributed by atoms with Crippen molar-refractivity contribution in [1.29, 1.82) is 0 Å². The predicted octanol–water partition coefficient (Wildman–Crippen LogP) is 4.05. The summed E-state index contributed by atoms with van der Waals surface area (Å²) in [4.78, 5) is 0. The highest BCUT2D eigenvalue weighted by atomic mass is 35.5. The Morgan fingerprint density at radius 1 is 1.26 bits per heavy atom. The van der Waals surface area contributed by atoms with Crippen LogP contribution < -0.4 is 14.8 Å². The maximum Gasteiger partial charge on any atom is 0.162 e. The van der Waals surface area contributed by atoms with E-state index in [-0.39, 0.29) is 0 Å². The van der Waals surface area contributed by atoms with Crippen LogP contribution in [0.5, 0.6) is 11.5 Å². The van der Waals surface area contributed by atoms with Crippen LogP contribution in [-0.2, 0) is 0 Å². The summed E-state index contributed by atoms with van der Waals surface area (Å²) in [5, 5.41) is 4.80.